The summed E-state index contributed by atoms with van der Waals surface area (Å²) in [7, 11) is 1.25. The van der Waals surface area contributed by atoms with E-state index in [4.69, 9.17) is 5.11 Å². The number of hydrogen-bond donors (Lipinski definition) is 3. The lowest BCUT2D eigenvalue weighted by atomic mass is 10.1. The van der Waals surface area contributed by atoms with E-state index in [-0.39, 0.29) is 31.3 Å². The largest absolute Gasteiger partial charge is 0.480 e. The molecule has 0 heterocycles. The van der Waals surface area contributed by atoms with E-state index in [2.05, 4.69) is 15.4 Å². The van der Waals surface area contributed by atoms with Gasteiger partial charge in [-0.3, -0.25) is 19.2 Å². The van der Waals surface area contributed by atoms with Crippen LogP contribution in [0.25, 0.3) is 0 Å². The Morgan fingerprint density at radius 1 is 0.857 bits per heavy atom. The molecule has 0 aliphatic heterocycles. The topological polar surface area (TPSA) is 122 Å². The number of hydrogen-bond acceptors (Lipinski definition) is 5. The highest BCUT2D eigenvalue weighted by molar-refractivity contribution is 5.82. The fourth-order valence-corrected chi connectivity index (χ4v) is 1.52. The molecule has 0 saturated heterocycles. The second-order valence-electron chi connectivity index (χ2n) is 4.44. The van der Waals surface area contributed by atoms with Crippen molar-refractivity contribution in [3.8, 4) is 0 Å². The fraction of sp³-hybridized carbons (Fsp3) is 0.692. The maximum Gasteiger partial charge on any atom is 0.325 e. The Morgan fingerprint density at radius 2 is 1.33 bits per heavy atom. The fourth-order valence-electron chi connectivity index (χ4n) is 1.52. The number of esters is 1. The molecule has 0 bridgehead atoms. The first-order valence-corrected chi connectivity index (χ1v) is 6.77. The number of aliphatic carboxylic acids is 1. The van der Waals surface area contributed by atoms with Crippen molar-refractivity contribution in [1.29, 1.82) is 0 Å². The molecule has 0 unspecified atom stereocenters. The molecule has 0 atom stereocenters. The summed E-state index contributed by atoms with van der Waals surface area (Å²) in [6, 6.07) is 0. The smallest absolute Gasteiger partial charge is 0.325 e. The molecule has 0 aliphatic rings. The molecule has 0 rings (SSSR count). The SMILES string of the molecule is COC(=O)CNC(=O)CCCCCCC(=O)NCC(=O)O. The summed E-state index contributed by atoms with van der Waals surface area (Å²) in [5, 5.41) is 13.1. The van der Waals surface area contributed by atoms with Gasteiger partial charge in [0.25, 0.3) is 0 Å². The Kier molecular flexibility index (Phi) is 10.5. The second kappa shape index (κ2) is 11.7. The first-order valence-electron chi connectivity index (χ1n) is 6.77. The number of unbranched alkanes of at least 4 members (excludes halogenated alkanes) is 3. The molecule has 0 aromatic rings. The molecule has 3 N–H and O–H groups in total. The van der Waals surface area contributed by atoms with Crippen LogP contribution in [0, 0.1) is 0 Å². The number of nitrogens with one attached hydrogen (secondary N) is 2. The van der Waals surface area contributed by atoms with Gasteiger partial charge in [-0.2, -0.15) is 0 Å². The van der Waals surface area contributed by atoms with Gasteiger partial charge < -0.3 is 20.5 Å². The number of ether oxygens (including phenoxy) is 1. The molecule has 0 aliphatic carbocycles. The zero-order chi connectivity index (χ0) is 16.1. The van der Waals surface area contributed by atoms with Gasteiger partial charge in [-0.25, -0.2) is 0 Å². The molecule has 21 heavy (non-hydrogen) atoms. The van der Waals surface area contributed by atoms with Gasteiger partial charge in [0.15, 0.2) is 0 Å². The molecule has 0 radical (unpaired) electrons. The summed E-state index contributed by atoms with van der Waals surface area (Å²) in [6.45, 7) is -0.488. The van der Waals surface area contributed by atoms with Crippen LogP contribution in [0.4, 0.5) is 0 Å². The molecule has 0 fully saturated rings. The van der Waals surface area contributed by atoms with E-state index in [9.17, 15) is 19.2 Å². The summed E-state index contributed by atoms with van der Waals surface area (Å²) in [5.74, 6) is -2.05. The number of carboxylic acid groups (broad SMARTS) is 1. The number of rotatable bonds is 11. The van der Waals surface area contributed by atoms with Gasteiger partial charge in [0.2, 0.25) is 11.8 Å². The summed E-state index contributed by atoms with van der Waals surface area (Å²) in [4.78, 5) is 43.5. The van der Waals surface area contributed by atoms with Gasteiger partial charge >= 0.3 is 11.9 Å². The van der Waals surface area contributed by atoms with Gasteiger partial charge in [0, 0.05) is 12.8 Å². The van der Waals surface area contributed by atoms with E-state index in [1.54, 1.807) is 0 Å². The number of amides is 2. The number of carboxylic acids is 1. The summed E-state index contributed by atoms with van der Waals surface area (Å²) >= 11 is 0. The van der Waals surface area contributed by atoms with Crippen LogP contribution in [0.2, 0.25) is 0 Å². The summed E-state index contributed by atoms with van der Waals surface area (Å²) in [5.41, 5.74) is 0. The Hall–Kier alpha value is -2.12. The van der Waals surface area contributed by atoms with Gasteiger partial charge in [-0.1, -0.05) is 12.8 Å². The van der Waals surface area contributed by atoms with E-state index < -0.39 is 11.9 Å². The molecule has 2 amide bonds. The Balaban J connectivity index is 3.43. The number of carbonyl (C=O) groups excluding carboxylic acids is 3. The van der Waals surface area contributed by atoms with Crippen molar-refractivity contribution in [2.24, 2.45) is 0 Å². The van der Waals surface area contributed by atoms with Crippen molar-refractivity contribution >= 4 is 23.8 Å². The quantitative estimate of drug-likeness (QED) is 0.359. The first-order chi connectivity index (χ1) is 9.95. The van der Waals surface area contributed by atoms with E-state index in [0.717, 1.165) is 12.8 Å². The van der Waals surface area contributed by atoms with Crippen LogP contribution in [0.1, 0.15) is 38.5 Å². The van der Waals surface area contributed by atoms with Crippen molar-refractivity contribution in [2.75, 3.05) is 20.2 Å². The lowest BCUT2D eigenvalue weighted by Crippen LogP contribution is -2.29. The normalized spacial score (nSPS) is 9.76. The van der Waals surface area contributed by atoms with Crippen LogP contribution in [-0.2, 0) is 23.9 Å². The second-order valence-corrected chi connectivity index (χ2v) is 4.44. The van der Waals surface area contributed by atoms with Crippen LogP contribution in [0.5, 0.6) is 0 Å². The Labute approximate surface area is 123 Å². The maximum atomic E-state index is 11.3. The molecule has 0 aromatic heterocycles. The van der Waals surface area contributed by atoms with E-state index in [1.807, 2.05) is 0 Å². The molecule has 8 heteroatoms. The average molecular weight is 302 g/mol. The molecule has 120 valence electrons. The van der Waals surface area contributed by atoms with Gasteiger partial charge in [-0.15, -0.1) is 0 Å². The minimum atomic E-state index is -1.07. The number of carbonyl (C=O) groups is 4. The van der Waals surface area contributed by atoms with Crippen molar-refractivity contribution in [3.05, 3.63) is 0 Å². The molecule has 0 aromatic carbocycles. The predicted molar refractivity (Wildman–Crippen MR) is 73.4 cm³/mol. The Morgan fingerprint density at radius 3 is 1.76 bits per heavy atom. The highest BCUT2D eigenvalue weighted by Crippen LogP contribution is 2.05. The van der Waals surface area contributed by atoms with Crippen LogP contribution >= 0.6 is 0 Å². The zero-order valence-corrected chi connectivity index (χ0v) is 12.1. The van der Waals surface area contributed by atoms with Crippen LogP contribution in [-0.4, -0.2) is 49.1 Å². The van der Waals surface area contributed by atoms with Crippen LogP contribution in [0.15, 0.2) is 0 Å². The van der Waals surface area contributed by atoms with Crippen LogP contribution < -0.4 is 10.6 Å². The maximum absolute atomic E-state index is 11.3. The third-order valence-corrected chi connectivity index (χ3v) is 2.65. The average Bonchev–Trinajstić information content (AvgIpc) is 2.45. The highest BCUT2D eigenvalue weighted by Gasteiger charge is 2.06. The van der Waals surface area contributed by atoms with E-state index in [1.165, 1.54) is 7.11 Å². The number of methoxy groups -OCH3 is 1. The molecule has 0 saturated carbocycles. The standard InChI is InChI=1S/C13H22N2O6/c1-21-13(20)9-15-11(17)7-5-3-2-4-6-10(16)14-8-12(18)19/h2-9H2,1H3,(H,14,16)(H,15,17)(H,18,19). The van der Waals surface area contributed by atoms with Crippen molar-refractivity contribution in [2.45, 2.75) is 38.5 Å². The lowest BCUT2D eigenvalue weighted by Gasteiger charge is -2.04. The van der Waals surface area contributed by atoms with Gasteiger partial charge in [0.05, 0.1) is 7.11 Å². The van der Waals surface area contributed by atoms with Gasteiger partial charge in [0.1, 0.15) is 13.1 Å². The molecular weight excluding hydrogens is 280 g/mol. The highest BCUT2D eigenvalue weighted by atomic mass is 16.5. The lowest BCUT2D eigenvalue weighted by molar-refractivity contribution is -0.141. The molecular formula is C13H22N2O6. The van der Waals surface area contributed by atoms with Crippen molar-refractivity contribution in [3.63, 3.8) is 0 Å². The molecule has 0 spiro atoms. The van der Waals surface area contributed by atoms with Crippen molar-refractivity contribution < 1.29 is 29.0 Å². The minimum Gasteiger partial charge on any atom is -0.480 e. The summed E-state index contributed by atoms with van der Waals surface area (Å²) < 4.78 is 4.39. The first kappa shape index (κ1) is 18.9. The Bertz CT molecular complexity index is 370. The summed E-state index contributed by atoms with van der Waals surface area (Å²) in [6.07, 6.45) is 3.49. The van der Waals surface area contributed by atoms with Crippen molar-refractivity contribution in [1.82, 2.24) is 10.6 Å². The minimum absolute atomic E-state index is 0.126. The predicted octanol–water partition coefficient (Wildman–Crippen LogP) is -0.183. The van der Waals surface area contributed by atoms with Gasteiger partial charge in [-0.05, 0) is 12.8 Å². The monoisotopic (exact) mass is 302 g/mol. The third kappa shape index (κ3) is 12.6. The van der Waals surface area contributed by atoms with E-state index in [0.29, 0.717) is 19.3 Å². The molecule has 8 nitrogen and oxygen atoms in total. The van der Waals surface area contributed by atoms with Crippen LogP contribution in [0.3, 0.4) is 0 Å². The zero-order valence-electron chi connectivity index (χ0n) is 12.1. The third-order valence-electron chi connectivity index (χ3n) is 2.65. The van der Waals surface area contributed by atoms with E-state index >= 15 is 0 Å².